The number of nitrogens with zero attached hydrogens (tertiary/aromatic N) is 3. The number of carbonyl (C=O) groups excluding carboxylic acids is 1. The van der Waals surface area contributed by atoms with Gasteiger partial charge in [-0.1, -0.05) is 47.6 Å². The summed E-state index contributed by atoms with van der Waals surface area (Å²) in [7, 11) is 0. The van der Waals surface area contributed by atoms with E-state index < -0.39 is 0 Å². The maximum atomic E-state index is 13.0. The SMILES string of the molecule is CC(Sc1nccn1-c1ccc(Cl)cc1)C(=O)N1CCc2ccccc2C1. The molecule has 0 N–H and O–H groups in total. The van der Waals surface area contributed by atoms with Crippen molar-refractivity contribution in [2.24, 2.45) is 0 Å². The highest BCUT2D eigenvalue weighted by Gasteiger charge is 2.26. The van der Waals surface area contributed by atoms with Crippen LogP contribution in [0.3, 0.4) is 0 Å². The second kappa shape index (κ2) is 7.79. The lowest BCUT2D eigenvalue weighted by molar-refractivity contribution is -0.131. The second-order valence-corrected chi connectivity index (χ2v) is 8.34. The predicted molar refractivity (Wildman–Crippen MR) is 109 cm³/mol. The largest absolute Gasteiger partial charge is 0.337 e. The van der Waals surface area contributed by atoms with E-state index >= 15 is 0 Å². The third-order valence-electron chi connectivity index (χ3n) is 4.78. The second-order valence-electron chi connectivity index (χ2n) is 6.59. The molecule has 1 unspecified atom stereocenters. The molecular formula is C21H20ClN3OS. The lowest BCUT2D eigenvalue weighted by Gasteiger charge is -2.30. The molecule has 0 aliphatic carbocycles. The van der Waals surface area contributed by atoms with Gasteiger partial charge in [0.05, 0.1) is 5.25 Å². The predicted octanol–water partition coefficient (Wildman–Crippen LogP) is 4.59. The molecule has 27 heavy (non-hydrogen) atoms. The van der Waals surface area contributed by atoms with Gasteiger partial charge in [0, 0.05) is 36.2 Å². The van der Waals surface area contributed by atoms with E-state index in [1.165, 1.54) is 22.9 Å². The molecule has 1 amide bonds. The Kier molecular flexibility index (Phi) is 5.23. The Bertz CT molecular complexity index is 954. The van der Waals surface area contributed by atoms with Gasteiger partial charge in [0.1, 0.15) is 0 Å². The first kappa shape index (κ1) is 18.1. The summed E-state index contributed by atoms with van der Waals surface area (Å²) in [6.45, 7) is 3.41. The maximum Gasteiger partial charge on any atom is 0.236 e. The number of amides is 1. The molecule has 0 saturated heterocycles. The number of fused-ring (bicyclic) bond motifs is 1. The minimum absolute atomic E-state index is 0.153. The van der Waals surface area contributed by atoms with E-state index in [0.29, 0.717) is 11.6 Å². The van der Waals surface area contributed by atoms with Crippen LogP contribution in [0, 0.1) is 0 Å². The van der Waals surface area contributed by atoms with Crippen LogP contribution in [0.2, 0.25) is 5.02 Å². The Hall–Kier alpha value is -2.24. The molecule has 4 nitrogen and oxygen atoms in total. The average Bonchev–Trinajstić information content (AvgIpc) is 3.15. The van der Waals surface area contributed by atoms with Gasteiger partial charge < -0.3 is 4.90 Å². The molecule has 0 fully saturated rings. The van der Waals surface area contributed by atoms with Crippen molar-refractivity contribution >= 4 is 29.3 Å². The van der Waals surface area contributed by atoms with Crippen LogP contribution in [0.1, 0.15) is 18.1 Å². The van der Waals surface area contributed by atoms with Gasteiger partial charge in [-0.15, -0.1) is 0 Å². The summed E-state index contributed by atoms with van der Waals surface area (Å²) in [5.74, 6) is 0.153. The summed E-state index contributed by atoms with van der Waals surface area (Å²) < 4.78 is 1.98. The smallest absolute Gasteiger partial charge is 0.236 e. The van der Waals surface area contributed by atoms with E-state index in [1.54, 1.807) is 6.20 Å². The fraction of sp³-hybridized carbons (Fsp3) is 0.238. The standard InChI is InChI=1S/C21H20ClN3OS/c1-15(20(26)24-12-10-16-4-2-3-5-17(16)14-24)27-21-23-11-13-25(21)19-8-6-18(22)7-9-19/h2-9,11,13,15H,10,12,14H2,1H3. The average molecular weight is 398 g/mol. The fourth-order valence-electron chi connectivity index (χ4n) is 3.32. The Morgan fingerprint density at radius 3 is 2.67 bits per heavy atom. The molecule has 1 atom stereocenters. The van der Waals surface area contributed by atoms with Gasteiger partial charge in [-0.05, 0) is 48.7 Å². The summed E-state index contributed by atoms with van der Waals surface area (Å²) in [6.07, 6.45) is 4.57. The monoisotopic (exact) mass is 397 g/mol. The number of aromatic nitrogens is 2. The normalized spacial score (nSPS) is 14.7. The topological polar surface area (TPSA) is 38.1 Å². The van der Waals surface area contributed by atoms with Crippen LogP contribution in [0.25, 0.3) is 5.69 Å². The fourth-order valence-corrected chi connectivity index (χ4v) is 4.42. The van der Waals surface area contributed by atoms with Crippen LogP contribution < -0.4 is 0 Å². The van der Waals surface area contributed by atoms with Gasteiger partial charge >= 0.3 is 0 Å². The molecule has 0 radical (unpaired) electrons. The zero-order chi connectivity index (χ0) is 18.8. The molecule has 0 saturated carbocycles. The summed E-state index contributed by atoms with van der Waals surface area (Å²) in [5, 5.41) is 1.29. The number of thioether (sulfide) groups is 1. The van der Waals surface area contributed by atoms with E-state index in [2.05, 4.69) is 23.2 Å². The van der Waals surface area contributed by atoms with Crippen molar-refractivity contribution in [3.63, 3.8) is 0 Å². The lowest BCUT2D eigenvalue weighted by Crippen LogP contribution is -2.40. The third-order valence-corrected chi connectivity index (χ3v) is 6.10. The minimum Gasteiger partial charge on any atom is -0.337 e. The first-order valence-corrected chi connectivity index (χ1v) is 10.2. The molecule has 4 rings (SSSR count). The highest BCUT2D eigenvalue weighted by atomic mass is 35.5. The molecule has 2 aromatic carbocycles. The van der Waals surface area contributed by atoms with Crippen LogP contribution in [0.4, 0.5) is 0 Å². The first-order valence-electron chi connectivity index (χ1n) is 8.93. The van der Waals surface area contributed by atoms with Crippen LogP contribution in [-0.2, 0) is 17.8 Å². The Balaban J connectivity index is 1.47. The lowest BCUT2D eigenvalue weighted by atomic mass is 10.00. The van der Waals surface area contributed by atoms with Crippen molar-refractivity contribution in [2.75, 3.05) is 6.54 Å². The third kappa shape index (κ3) is 3.89. The van der Waals surface area contributed by atoms with E-state index in [1.807, 2.05) is 52.9 Å². The van der Waals surface area contributed by atoms with Gasteiger partial charge in [-0.25, -0.2) is 4.98 Å². The first-order chi connectivity index (χ1) is 13.1. The van der Waals surface area contributed by atoms with Gasteiger partial charge in [0.25, 0.3) is 0 Å². The quantitative estimate of drug-likeness (QED) is 0.604. The molecule has 6 heteroatoms. The highest BCUT2D eigenvalue weighted by Crippen LogP contribution is 2.28. The van der Waals surface area contributed by atoms with Crippen molar-refractivity contribution in [2.45, 2.75) is 30.3 Å². The Labute approximate surface area is 168 Å². The molecular weight excluding hydrogens is 378 g/mol. The highest BCUT2D eigenvalue weighted by molar-refractivity contribution is 8.00. The molecule has 138 valence electrons. The zero-order valence-corrected chi connectivity index (χ0v) is 16.6. The summed E-state index contributed by atoms with van der Waals surface area (Å²) in [5.41, 5.74) is 3.57. The van der Waals surface area contributed by atoms with E-state index in [-0.39, 0.29) is 11.2 Å². The van der Waals surface area contributed by atoms with Crippen molar-refractivity contribution in [1.29, 1.82) is 0 Å². The summed E-state index contributed by atoms with van der Waals surface area (Å²) >= 11 is 7.47. The number of imidazole rings is 1. The van der Waals surface area contributed by atoms with Crippen LogP contribution >= 0.6 is 23.4 Å². The van der Waals surface area contributed by atoms with Gasteiger partial charge in [0.2, 0.25) is 5.91 Å². The molecule has 0 bridgehead atoms. The van der Waals surface area contributed by atoms with Gasteiger partial charge in [-0.3, -0.25) is 9.36 Å². The van der Waals surface area contributed by atoms with E-state index in [4.69, 9.17) is 11.6 Å². The number of halogens is 1. The van der Waals surface area contributed by atoms with Crippen LogP contribution in [-0.4, -0.2) is 32.2 Å². The Morgan fingerprint density at radius 1 is 1.15 bits per heavy atom. The van der Waals surface area contributed by atoms with Crippen molar-refractivity contribution < 1.29 is 4.79 Å². The zero-order valence-electron chi connectivity index (χ0n) is 15.0. The number of carbonyl (C=O) groups is 1. The van der Waals surface area contributed by atoms with E-state index in [0.717, 1.165) is 23.8 Å². The van der Waals surface area contributed by atoms with Crippen LogP contribution in [0.5, 0.6) is 0 Å². The summed E-state index contributed by atoms with van der Waals surface area (Å²) in [6, 6.07) is 16.0. The number of hydrogen-bond acceptors (Lipinski definition) is 3. The summed E-state index contributed by atoms with van der Waals surface area (Å²) in [4.78, 5) is 19.4. The Morgan fingerprint density at radius 2 is 1.89 bits per heavy atom. The van der Waals surface area contributed by atoms with Crippen molar-refractivity contribution in [1.82, 2.24) is 14.5 Å². The van der Waals surface area contributed by atoms with Crippen LogP contribution in [0.15, 0.2) is 66.1 Å². The number of rotatable bonds is 4. The minimum atomic E-state index is -0.205. The molecule has 1 aromatic heterocycles. The van der Waals surface area contributed by atoms with E-state index in [9.17, 15) is 4.79 Å². The van der Waals surface area contributed by atoms with Crippen molar-refractivity contribution in [3.8, 4) is 5.69 Å². The van der Waals surface area contributed by atoms with Gasteiger partial charge in [0.15, 0.2) is 5.16 Å². The molecule has 1 aliphatic rings. The maximum absolute atomic E-state index is 13.0. The number of hydrogen-bond donors (Lipinski definition) is 0. The molecule has 3 aromatic rings. The molecule has 0 spiro atoms. The molecule has 1 aliphatic heterocycles. The molecule has 2 heterocycles. The van der Waals surface area contributed by atoms with Gasteiger partial charge in [-0.2, -0.15) is 0 Å². The van der Waals surface area contributed by atoms with Crippen molar-refractivity contribution in [3.05, 3.63) is 77.1 Å². The number of benzene rings is 2.